The maximum Gasteiger partial charge on any atom is 0.224 e. The maximum atomic E-state index is 13.5. The number of amides is 2. The van der Waals surface area contributed by atoms with Gasteiger partial charge in [0.05, 0.1) is 26.7 Å². The number of carbonyl (C=O) groups excluding carboxylic acids is 3. The molecule has 9 heteroatoms. The monoisotopic (exact) mass is 514 g/mol. The van der Waals surface area contributed by atoms with Gasteiger partial charge in [-0.05, 0) is 43.4 Å². The summed E-state index contributed by atoms with van der Waals surface area (Å²) in [5.41, 5.74) is 0.747. The van der Waals surface area contributed by atoms with Crippen LogP contribution in [0.1, 0.15) is 56.4 Å². The van der Waals surface area contributed by atoms with Crippen molar-refractivity contribution in [2.45, 2.75) is 63.8 Å². The van der Waals surface area contributed by atoms with Crippen molar-refractivity contribution in [2.24, 2.45) is 11.8 Å². The largest absolute Gasteiger partial charge is 0.359 e. The number of rotatable bonds is 11. The fraction of sp³-hybridized carbons (Fsp3) is 0.500. The number of thiazole rings is 1. The van der Waals surface area contributed by atoms with Gasteiger partial charge in [0.15, 0.2) is 5.78 Å². The average molecular weight is 515 g/mol. The second kappa shape index (κ2) is 12.8. The minimum atomic E-state index is -0.596. The van der Waals surface area contributed by atoms with Crippen molar-refractivity contribution in [3.8, 4) is 6.07 Å². The van der Waals surface area contributed by atoms with Crippen LogP contribution in [-0.2, 0) is 20.8 Å². The van der Waals surface area contributed by atoms with Crippen LogP contribution in [0.4, 0.5) is 0 Å². The van der Waals surface area contributed by atoms with E-state index in [1.807, 2.05) is 12.1 Å². The predicted octanol–water partition coefficient (Wildman–Crippen LogP) is 4.74. The minimum Gasteiger partial charge on any atom is -0.359 e. The summed E-state index contributed by atoms with van der Waals surface area (Å²) in [6.07, 6.45) is 6.29. The van der Waals surface area contributed by atoms with Crippen LogP contribution >= 0.6 is 22.9 Å². The van der Waals surface area contributed by atoms with Gasteiger partial charge in [-0.15, -0.1) is 11.3 Å². The SMILES string of the molecule is C=C(C#N)C(=O)CC[C@@H](NC(=O)[C@@H](CC(=O)NC)Cc1nc2ccc(Cl)cc2s1)C1CCCCC1. The molecule has 1 fully saturated rings. The highest BCUT2D eigenvalue weighted by atomic mass is 35.5. The molecular formula is C26H31ClN4O3S. The number of Topliss-reactive ketones (excluding diaryl/α,β-unsaturated/α-hetero) is 1. The molecule has 2 aromatic rings. The van der Waals surface area contributed by atoms with Gasteiger partial charge in [0.1, 0.15) is 6.07 Å². The number of allylic oxidation sites excluding steroid dienone is 1. The van der Waals surface area contributed by atoms with E-state index in [1.54, 1.807) is 19.2 Å². The Balaban J connectivity index is 1.76. The van der Waals surface area contributed by atoms with E-state index in [0.29, 0.717) is 17.9 Å². The molecule has 0 spiro atoms. The van der Waals surface area contributed by atoms with Crippen molar-refractivity contribution in [3.63, 3.8) is 0 Å². The van der Waals surface area contributed by atoms with E-state index in [-0.39, 0.29) is 48.0 Å². The van der Waals surface area contributed by atoms with Gasteiger partial charge in [0.2, 0.25) is 11.8 Å². The summed E-state index contributed by atoms with van der Waals surface area (Å²) >= 11 is 7.56. The molecule has 1 aliphatic carbocycles. The van der Waals surface area contributed by atoms with E-state index in [1.165, 1.54) is 17.8 Å². The van der Waals surface area contributed by atoms with Gasteiger partial charge >= 0.3 is 0 Å². The first kappa shape index (κ1) is 26.8. The van der Waals surface area contributed by atoms with Gasteiger partial charge in [-0.2, -0.15) is 5.26 Å². The third kappa shape index (κ3) is 7.61. The number of ketones is 1. The molecule has 7 nitrogen and oxygen atoms in total. The fourth-order valence-corrected chi connectivity index (χ4v) is 5.91. The summed E-state index contributed by atoms with van der Waals surface area (Å²) in [7, 11) is 1.55. The predicted molar refractivity (Wildman–Crippen MR) is 138 cm³/mol. The average Bonchev–Trinajstić information content (AvgIpc) is 3.26. The molecule has 1 aromatic carbocycles. The second-order valence-corrected chi connectivity index (χ2v) is 10.6. The topological polar surface area (TPSA) is 112 Å². The third-order valence-corrected chi connectivity index (χ3v) is 7.87. The number of carbonyl (C=O) groups is 3. The lowest BCUT2D eigenvalue weighted by atomic mass is 9.81. The molecule has 0 radical (unpaired) electrons. The number of nitriles is 1. The van der Waals surface area contributed by atoms with E-state index in [2.05, 4.69) is 22.2 Å². The number of halogens is 1. The molecule has 186 valence electrons. The first-order chi connectivity index (χ1) is 16.8. The molecule has 2 N–H and O–H groups in total. The van der Waals surface area contributed by atoms with Gasteiger partial charge in [-0.1, -0.05) is 37.4 Å². The molecule has 1 saturated carbocycles. The van der Waals surface area contributed by atoms with Crippen LogP contribution < -0.4 is 10.6 Å². The van der Waals surface area contributed by atoms with Crippen molar-refractivity contribution >= 4 is 50.8 Å². The minimum absolute atomic E-state index is 0.0422. The van der Waals surface area contributed by atoms with Crippen molar-refractivity contribution in [1.82, 2.24) is 15.6 Å². The molecule has 3 rings (SSSR count). The molecule has 1 aliphatic rings. The molecule has 2 atom stereocenters. The van der Waals surface area contributed by atoms with Gasteiger partial charge in [0, 0.05) is 37.4 Å². The summed E-state index contributed by atoms with van der Waals surface area (Å²) < 4.78 is 0.933. The molecular weight excluding hydrogens is 484 g/mol. The summed E-state index contributed by atoms with van der Waals surface area (Å²) in [5, 5.41) is 16.1. The lowest BCUT2D eigenvalue weighted by Crippen LogP contribution is -2.45. The molecule has 1 aromatic heterocycles. The number of aromatic nitrogens is 1. The summed E-state index contributed by atoms with van der Waals surface area (Å²) in [5.74, 6) is -1.06. The summed E-state index contributed by atoms with van der Waals surface area (Å²) in [6.45, 7) is 3.51. The second-order valence-electron chi connectivity index (χ2n) is 9.06. The molecule has 0 unspecified atom stereocenters. The van der Waals surface area contributed by atoms with Crippen molar-refractivity contribution < 1.29 is 14.4 Å². The van der Waals surface area contributed by atoms with Crippen molar-refractivity contribution in [1.29, 1.82) is 5.26 Å². The van der Waals surface area contributed by atoms with Crippen molar-refractivity contribution in [3.05, 3.63) is 40.4 Å². The highest BCUT2D eigenvalue weighted by Crippen LogP contribution is 2.30. The summed E-state index contributed by atoms with van der Waals surface area (Å²) in [4.78, 5) is 42.5. The van der Waals surface area contributed by atoms with Gasteiger partial charge in [-0.3, -0.25) is 14.4 Å². The smallest absolute Gasteiger partial charge is 0.224 e. The molecule has 0 aliphatic heterocycles. The van der Waals surface area contributed by atoms with Crippen LogP contribution in [0.2, 0.25) is 5.02 Å². The lowest BCUT2D eigenvalue weighted by molar-refractivity contribution is -0.131. The van der Waals surface area contributed by atoms with Gasteiger partial charge in [-0.25, -0.2) is 4.98 Å². The maximum absolute atomic E-state index is 13.5. The number of hydrogen-bond donors (Lipinski definition) is 2. The van der Waals surface area contributed by atoms with E-state index in [9.17, 15) is 14.4 Å². The summed E-state index contributed by atoms with van der Waals surface area (Å²) in [6, 6.07) is 7.08. The van der Waals surface area contributed by atoms with Crippen LogP contribution in [-0.4, -0.2) is 35.7 Å². The Morgan fingerprint density at radius 1 is 1.29 bits per heavy atom. The Morgan fingerprint density at radius 2 is 2.03 bits per heavy atom. The number of nitrogens with zero attached hydrogens (tertiary/aromatic N) is 2. The highest BCUT2D eigenvalue weighted by molar-refractivity contribution is 7.18. The highest BCUT2D eigenvalue weighted by Gasteiger charge is 2.30. The van der Waals surface area contributed by atoms with Gasteiger partial charge in [0.25, 0.3) is 0 Å². The first-order valence-electron chi connectivity index (χ1n) is 12.0. The first-order valence-corrected chi connectivity index (χ1v) is 13.2. The Labute approximate surface area is 214 Å². The van der Waals surface area contributed by atoms with E-state index < -0.39 is 5.92 Å². The Kier molecular flexibility index (Phi) is 9.82. The zero-order valence-electron chi connectivity index (χ0n) is 19.9. The number of nitrogens with one attached hydrogen (secondary N) is 2. The third-order valence-electron chi connectivity index (χ3n) is 6.60. The molecule has 2 amide bonds. The Hall–Kier alpha value is -2.76. The van der Waals surface area contributed by atoms with Crippen LogP contribution in [0, 0.1) is 23.2 Å². The zero-order chi connectivity index (χ0) is 25.4. The standard InChI is InChI=1S/C26H31ClN4O3S/c1-16(15-28)22(32)11-10-20(17-6-4-3-5-7-17)31-26(34)18(12-24(33)29-2)13-25-30-21-9-8-19(27)14-23(21)35-25/h8-9,14,17-18,20H,1,3-7,10-13H2,2H3,(H,29,33)(H,31,34)/t18-,20+/m0/s1. The van der Waals surface area contributed by atoms with E-state index in [4.69, 9.17) is 16.9 Å². The van der Waals surface area contributed by atoms with Crippen LogP contribution in [0.3, 0.4) is 0 Å². The van der Waals surface area contributed by atoms with E-state index >= 15 is 0 Å². The Morgan fingerprint density at radius 3 is 2.71 bits per heavy atom. The number of fused-ring (bicyclic) bond motifs is 1. The van der Waals surface area contributed by atoms with E-state index in [0.717, 1.165) is 40.9 Å². The normalized spacial score (nSPS) is 15.7. The molecule has 1 heterocycles. The van der Waals surface area contributed by atoms with Crippen LogP contribution in [0.5, 0.6) is 0 Å². The number of benzene rings is 1. The van der Waals surface area contributed by atoms with Crippen LogP contribution in [0.15, 0.2) is 30.4 Å². The molecule has 35 heavy (non-hydrogen) atoms. The lowest BCUT2D eigenvalue weighted by Gasteiger charge is -2.32. The quantitative estimate of drug-likeness (QED) is 0.332. The van der Waals surface area contributed by atoms with Crippen molar-refractivity contribution in [2.75, 3.05) is 7.05 Å². The van der Waals surface area contributed by atoms with Crippen LogP contribution in [0.25, 0.3) is 10.2 Å². The number of hydrogen-bond acceptors (Lipinski definition) is 6. The Bertz CT molecular complexity index is 1130. The molecule has 0 saturated heterocycles. The molecule has 0 bridgehead atoms. The fourth-order valence-electron chi connectivity index (χ4n) is 4.59. The zero-order valence-corrected chi connectivity index (χ0v) is 21.5. The van der Waals surface area contributed by atoms with Gasteiger partial charge < -0.3 is 10.6 Å².